The van der Waals surface area contributed by atoms with Crippen molar-refractivity contribution in [1.82, 2.24) is 15.1 Å². The summed E-state index contributed by atoms with van der Waals surface area (Å²) in [4.78, 5) is 25.5. The maximum Gasteiger partial charge on any atom is 0.274 e. The Morgan fingerprint density at radius 2 is 1.81 bits per heavy atom. The van der Waals surface area contributed by atoms with Gasteiger partial charge in [-0.2, -0.15) is 0 Å². The van der Waals surface area contributed by atoms with E-state index >= 15 is 0 Å². The fourth-order valence-electron chi connectivity index (χ4n) is 4.06. The Bertz CT molecular complexity index is 860. The Hall–Kier alpha value is -2.34. The third kappa shape index (κ3) is 3.86. The molecule has 2 N–H and O–H groups in total. The summed E-state index contributed by atoms with van der Waals surface area (Å²) >= 11 is 0. The van der Waals surface area contributed by atoms with Crippen molar-refractivity contribution in [3.05, 3.63) is 51.4 Å². The van der Waals surface area contributed by atoms with Crippen molar-refractivity contribution >= 4 is 5.91 Å². The number of amides is 1. The van der Waals surface area contributed by atoms with E-state index in [1.165, 1.54) is 5.56 Å². The van der Waals surface area contributed by atoms with E-state index in [2.05, 4.69) is 10.4 Å². The molecule has 1 aliphatic carbocycles. The first-order valence-corrected chi connectivity index (χ1v) is 9.90. The van der Waals surface area contributed by atoms with Gasteiger partial charge >= 0.3 is 0 Å². The molecule has 1 unspecified atom stereocenters. The molecule has 0 radical (unpaired) electrons. The van der Waals surface area contributed by atoms with Gasteiger partial charge in [0.05, 0.1) is 5.69 Å². The van der Waals surface area contributed by atoms with Crippen molar-refractivity contribution < 1.29 is 9.53 Å². The van der Waals surface area contributed by atoms with Crippen LogP contribution in [0.15, 0.2) is 29.1 Å². The van der Waals surface area contributed by atoms with E-state index in [-0.39, 0.29) is 23.4 Å². The lowest BCUT2D eigenvalue weighted by Crippen LogP contribution is -2.42. The molecule has 1 amide bonds. The van der Waals surface area contributed by atoms with Crippen LogP contribution in [0.4, 0.5) is 0 Å². The van der Waals surface area contributed by atoms with Crippen molar-refractivity contribution in [2.45, 2.75) is 51.5 Å². The molecule has 1 aromatic carbocycles. The number of nitrogens with one attached hydrogen (secondary N) is 2. The van der Waals surface area contributed by atoms with Gasteiger partial charge in [-0.15, -0.1) is 0 Å². The number of hydrogen-bond donors (Lipinski definition) is 2. The number of hydrogen-bond acceptors (Lipinski definition) is 3. The second-order valence-corrected chi connectivity index (χ2v) is 7.71. The predicted octanol–water partition coefficient (Wildman–Crippen LogP) is 2.26. The summed E-state index contributed by atoms with van der Waals surface area (Å²) in [7, 11) is 0. The molecule has 2 aromatic rings. The van der Waals surface area contributed by atoms with Gasteiger partial charge in [-0.05, 0) is 57.6 Å². The number of carbonyl (C=O) groups is 1. The van der Waals surface area contributed by atoms with E-state index in [1.807, 2.05) is 31.2 Å². The number of nitrogens with zero attached hydrogens (tertiary/aromatic N) is 1. The van der Waals surface area contributed by atoms with Crippen molar-refractivity contribution in [2.75, 3.05) is 13.2 Å². The number of H-pyrrole nitrogens is 1. The highest BCUT2D eigenvalue weighted by Gasteiger charge is 2.27. The average Bonchev–Trinajstić information content (AvgIpc) is 2.86. The van der Waals surface area contributed by atoms with Gasteiger partial charge in [-0.3, -0.25) is 14.7 Å². The molecule has 2 heterocycles. The summed E-state index contributed by atoms with van der Waals surface area (Å²) in [5, 5.41) is 6.45. The Labute approximate surface area is 158 Å². The smallest absolute Gasteiger partial charge is 0.274 e. The van der Waals surface area contributed by atoms with E-state index in [4.69, 9.17) is 4.74 Å². The first kappa shape index (κ1) is 18.0. The highest BCUT2D eigenvalue weighted by atomic mass is 16.5. The van der Waals surface area contributed by atoms with Crippen LogP contribution in [0.2, 0.25) is 0 Å². The molecule has 1 fully saturated rings. The molecule has 1 aliphatic heterocycles. The molecule has 6 heteroatoms. The largest absolute Gasteiger partial charge is 0.381 e. The molecule has 4 rings (SSSR count). The van der Waals surface area contributed by atoms with E-state index in [0.717, 1.165) is 62.3 Å². The van der Waals surface area contributed by atoms with Crippen LogP contribution >= 0.6 is 0 Å². The molecule has 6 nitrogen and oxygen atoms in total. The summed E-state index contributed by atoms with van der Waals surface area (Å²) in [5.74, 6) is 0.104. The van der Waals surface area contributed by atoms with Crippen LogP contribution in [-0.2, 0) is 22.4 Å². The monoisotopic (exact) mass is 369 g/mol. The SMILES string of the molecule is Cc1ccc(-n2[nH]c3c(c2=O)CCC(C(=O)NC2CCOCC2)CC3)cc1. The molecule has 0 bridgehead atoms. The van der Waals surface area contributed by atoms with Crippen molar-refractivity contribution in [2.24, 2.45) is 5.92 Å². The summed E-state index contributed by atoms with van der Waals surface area (Å²) in [5.41, 5.74) is 3.84. The second kappa shape index (κ2) is 7.72. The zero-order chi connectivity index (χ0) is 18.8. The molecule has 0 spiro atoms. The summed E-state index contributed by atoms with van der Waals surface area (Å²) in [6.45, 7) is 3.47. The molecule has 0 saturated carbocycles. The number of benzene rings is 1. The van der Waals surface area contributed by atoms with Gasteiger partial charge in [0.15, 0.2) is 0 Å². The lowest BCUT2D eigenvalue weighted by atomic mass is 9.97. The molecular weight excluding hydrogens is 342 g/mol. The number of aromatic amines is 1. The second-order valence-electron chi connectivity index (χ2n) is 7.71. The maximum atomic E-state index is 12.9. The number of fused-ring (bicyclic) bond motifs is 1. The molecule has 144 valence electrons. The minimum atomic E-state index is -0.0270. The van der Waals surface area contributed by atoms with Crippen molar-refractivity contribution in [1.29, 1.82) is 0 Å². The Morgan fingerprint density at radius 3 is 2.56 bits per heavy atom. The summed E-state index contributed by atoms with van der Waals surface area (Å²) < 4.78 is 6.98. The topological polar surface area (TPSA) is 76.1 Å². The van der Waals surface area contributed by atoms with Gasteiger partial charge in [0.1, 0.15) is 0 Å². The van der Waals surface area contributed by atoms with Crippen LogP contribution in [0.5, 0.6) is 0 Å². The van der Waals surface area contributed by atoms with Gasteiger partial charge in [0.2, 0.25) is 5.91 Å². The van der Waals surface area contributed by atoms with Gasteiger partial charge in [-0.1, -0.05) is 17.7 Å². The van der Waals surface area contributed by atoms with Gasteiger partial charge < -0.3 is 10.1 Å². The molecule has 2 aliphatic rings. The number of aryl methyl sites for hydroxylation is 2. The van der Waals surface area contributed by atoms with Crippen LogP contribution in [0.25, 0.3) is 5.69 Å². The summed E-state index contributed by atoms with van der Waals surface area (Å²) in [6.07, 6.45) is 4.65. The molecular formula is C21H27N3O3. The van der Waals surface area contributed by atoms with E-state index < -0.39 is 0 Å². The first-order valence-electron chi connectivity index (χ1n) is 9.90. The molecule has 1 saturated heterocycles. The van der Waals surface area contributed by atoms with Crippen LogP contribution in [0, 0.1) is 12.8 Å². The summed E-state index contributed by atoms with van der Waals surface area (Å²) in [6, 6.07) is 8.15. The van der Waals surface area contributed by atoms with E-state index in [1.54, 1.807) is 4.68 Å². The quantitative estimate of drug-likeness (QED) is 0.815. The minimum absolute atomic E-state index is 0.0133. The third-order valence-corrected chi connectivity index (χ3v) is 5.79. The lowest BCUT2D eigenvalue weighted by Gasteiger charge is -2.25. The van der Waals surface area contributed by atoms with Crippen LogP contribution < -0.4 is 10.9 Å². The highest BCUT2D eigenvalue weighted by molar-refractivity contribution is 5.79. The van der Waals surface area contributed by atoms with Crippen molar-refractivity contribution in [3.63, 3.8) is 0 Å². The van der Waals surface area contributed by atoms with E-state index in [9.17, 15) is 9.59 Å². The zero-order valence-corrected chi connectivity index (χ0v) is 15.8. The van der Waals surface area contributed by atoms with Gasteiger partial charge in [0, 0.05) is 36.4 Å². The van der Waals surface area contributed by atoms with Crippen LogP contribution in [0.1, 0.15) is 42.5 Å². The average molecular weight is 369 g/mol. The lowest BCUT2D eigenvalue weighted by molar-refractivity contribution is -0.126. The highest BCUT2D eigenvalue weighted by Crippen LogP contribution is 2.23. The molecule has 1 aromatic heterocycles. The molecule has 1 atom stereocenters. The number of rotatable bonds is 3. The fraction of sp³-hybridized carbons (Fsp3) is 0.524. The fourth-order valence-corrected chi connectivity index (χ4v) is 4.06. The minimum Gasteiger partial charge on any atom is -0.381 e. The van der Waals surface area contributed by atoms with Crippen LogP contribution in [-0.4, -0.2) is 34.9 Å². The number of carbonyl (C=O) groups excluding carboxylic acids is 1. The van der Waals surface area contributed by atoms with Crippen molar-refractivity contribution in [3.8, 4) is 5.69 Å². The Kier molecular flexibility index (Phi) is 5.16. The van der Waals surface area contributed by atoms with Crippen LogP contribution in [0.3, 0.4) is 0 Å². The third-order valence-electron chi connectivity index (χ3n) is 5.79. The first-order chi connectivity index (χ1) is 13.1. The molecule has 27 heavy (non-hydrogen) atoms. The maximum absolute atomic E-state index is 12.9. The normalized spacial score (nSPS) is 20.7. The zero-order valence-electron chi connectivity index (χ0n) is 15.8. The predicted molar refractivity (Wildman–Crippen MR) is 103 cm³/mol. The number of ether oxygens (including phenoxy) is 1. The Morgan fingerprint density at radius 1 is 1.11 bits per heavy atom. The number of aromatic nitrogens is 2. The van der Waals surface area contributed by atoms with Gasteiger partial charge in [-0.25, -0.2) is 4.68 Å². The Balaban J connectivity index is 1.45. The van der Waals surface area contributed by atoms with Gasteiger partial charge in [0.25, 0.3) is 5.56 Å². The standard InChI is InChI=1S/C21H27N3O3/c1-14-2-6-17(7-3-14)24-21(26)18-8-4-15(5-9-19(18)23-24)20(25)22-16-10-12-27-13-11-16/h2-3,6-7,15-16,23H,4-5,8-13H2,1H3,(H,22,25). The van der Waals surface area contributed by atoms with E-state index in [0.29, 0.717) is 6.42 Å².